The van der Waals surface area contributed by atoms with Gasteiger partial charge in [0.2, 0.25) is 0 Å². The lowest BCUT2D eigenvalue weighted by atomic mass is 10.1. The van der Waals surface area contributed by atoms with Crippen LogP contribution in [0.5, 0.6) is 5.06 Å². The minimum Gasteiger partial charge on any atom is -0.484 e. The van der Waals surface area contributed by atoms with E-state index in [4.69, 9.17) is 4.74 Å². The SMILES string of the molecule is CCCCCCCCCOc1ccc(Br)s1. The molecule has 3 heteroatoms. The maximum absolute atomic E-state index is 5.64. The van der Waals surface area contributed by atoms with Crippen molar-refractivity contribution in [2.45, 2.75) is 51.9 Å². The fraction of sp³-hybridized carbons (Fsp3) is 0.692. The predicted octanol–water partition coefficient (Wildman–Crippen LogP) is 5.64. The average Bonchev–Trinajstić information content (AvgIpc) is 2.68. The molecule has 1 aromatic heterocycles. The van der Waals surface area contributed by atoms with Crippen molar-refractivity contribution < 1.29 is 4.74 Å². The fourth-order valence-corrected chi connectivity index (χ4v) is 2.82. The molecule has 0 atom stereocenters. The number of rotatable bonds is 9. The summed E-state index contributed by atoms with van der Waals surface area (Å²) in [6.07, 6.45) is 9.35. The number of hydrogen-bond donors (Lipinski definition) is 0. The lowest BCUT2D eigenvalue weighted by Crippen LogP contribution is -1.95. The maximum Gasteiger partial charge on any atom is 0.174 e. The first-order valence-corrected chi connectivity index (χ1v) is 7.82. The second-order valence-corrected chi connectivity index (χ2v) is 6.45. The Bertz CT molecular complexity index is 273. The van der Waals surface area contributed by atoms with Gasteiger partial charge in [-0.2, -0.15) is 0 Å². The van der Waals surface area contributed by atoms with Crippen molar-refractivity contribution in [3.05, 3.63) is 15.9 Å². The summed E-state index contributed by atoms with van der Waals surface area (Å²) in [5, 5.41) is 1.03. The summed E-state index contributed by atoms with van der Waals surface area (Å²) >= 11 is 5.09. The molecule has 0 radical (unpaired) electrons. The normalized spacial score (nSPS) is 10.6. The van der Waals surface area contributed by atoms with Gasteiger partial charge >= 0.3 is 0 Å². The largest absolute Gasteiger partial charge is 0.484 e. The molecule has 1 nitrogen and oxygen atoms in total. The fourth-order valence-electron chi connectivity index (χ4n) is 1.61. The second kappa shape index (κ2) is 9.06. The second-order valence-electron chi connectivity index (χ2n) is 4.03. The van der Waals surface area contributed by atoms with E-state index in [1.165, 1.54) is 44.9 Å². The topological polar surface area (TPSA) is 9.23 Å². The lowest BCUT2D eigenvalue weighted by molar-refractivity contribution is 0.313. The number of unbranched alkanes of at least 4 members (excludes halogenated alkanes) is 6. The van der Waals surface area contributed by atoms with Crippen LogP contribution in [0, 0.1) is 0 Å². The summed E-state index contributed by atoms with van der Waals surface area (Å²) in [7, 11) is 0. The summed E-state index contributed by atoms with van der Waals surface area (Å²) in [6, 6.07) is 4.06. The highest BCUT2D eigenvalue weighted by Crippen LogP contribution is 2.28. The van der Waals surface area contributed by atoms with Gasteiger partial charge in [0.25, 0.3) is 0 Å². The van der Waals surface area contributed by atoms with Gasteiger partial charge in [-0.3, -0.25) is 0 Å². The number of thiophene rings is 1. The molecular weight excluding hydrogens is 284 g/mol. The van der Waals surface area contributed by atoms with Gasteiger partial charge in [-0.05, 0) is 34.5 Å². The highest BCUT2D eigenvalue weighted by atomic mass is 79.9. The van der Waals surface area contributed by atoms with Gasteiger partial charge in [0.15, 0.2) is 5.06 Å². The molecule has 1 rings (SSSR count). The highest BCUT2D eigenvalue weighted by Gasteiger charge is 1.97. The summed E-state index contributed by atoms with van der Waals surface area (Å²) in [4.78, 5) is 0. The number of hydrogen-bond acceptors (Lipinski definition) is 2. The third kappa shape index (κ3) is 6.54. The first-order valence-electron chi connectivity index (χ1n) is 6.21. The van der Waals surface area contributed by atoms with Crippen LogP contribution in [0.2, 0.25) is 0 Å². The van der Waals surface area contributed by atoms with Gasteiger partial charge in [0.1, 0.15) is 0 Å². The minimum absolute atomic E-state index is 0.862. The Labute approximate surface area is 111 Å². The zero-order valence-electron chi connectivity index (χ0n) is 10.0. The smallest absolute Gasteiger partial charge is 0.174 e. The Morgan fingerprint density at radius 3 is 2.38 bits per heavy atom. The monoisotopic (exact) mass is 304 g/mol. The van der Waals surface area contributed by atoms with Gasteiger partial charge in [-0.15, -0.1) is 0 Å². The van der Waals surface area contributed by atoms with E-state index in [1.54, 1.807) is 11.3 Å². The molecule has 16 heavy (non-hydrogen) atoms. The molecule has 1 heterocycles. The van der Waals surface area contributed by atoms with Gasteiger partial charge in [-0.25, -0.2) is 0 Å². The predicted molar refractivity (Wildman–Crippen MR) is 75.5 cm³/mol. The Morgan fingerprint density at radius 1 is 1.06 bits per heavy atom. The molecule has 92 valence electrons. The van der Waals surface area contributed by atoms with E-state index in [0.29, 0.717) is 0 Å². The van der Waals surface area contributed by atoms with E-state index in [2.05, 4.69) is 22.9 Å². The Kier molecular flexibility index (Phi) is 7.95. The van der Waals surface area contributed by atoms with Crippen molar-refractivity contribution in [3.8, 4) is 5.06 Å². The van der Waals surface area contributed by atoms with Gasteiger partial charge in [0.05, 0.1) is 10.4 Å². The molecule has 0 saturated carbocycles. The molecule has 0 amide bonds. The standard InChI is InChI=1S/C13H21BrOS/c1-2-3-4-5-6-7-8-11-15-13-10-9-12(14)16-13/h9-10H,2-8,11H2,1H3. The third-order valence-electron chi connectivity index (χ3n) is 2.54. The van der Waals surface area contributed by atoms with Gasteiger partial charge < -0.3 is 4.74 Å². The van der Waals surface area contributed by atoms with Crippen LogP contribution in [0.25, 0.3) is 0 Å². The van der Waals surface area contributed by atoms with Crippen molar-refractivity contribution in [1.29, 1.82) is 0 Å². The van der Waals surface area contributed by atoms with Crippen LogP contribution < -0.4 is 4.74 Å². The zero-order valence-corrected chi connectivity index (χ0v) is 12.4. The van der Waals surface area contributed by atoms with Crippen molar-refractivity contribution in [1.82, 2.24) is 0 Å². The average molecular weight is 305 g/mol. The molecule has 0 bridgehead atoms. The molecular formula is C13H21BrOS. The molecule has 0 aromatic carbocycles. The van der Waals surface area contributed by atoms with Crippen LogP contribution in [0.3, 0.4) is 0 Å². The van der Waals surface area contributed by atoms with Crippen LogP contribution in [0.15, 0.2) is 15.9 Å². The summed E-state index contributed by atoms with van der Waals surface area (Å²) < 4.78 is 6.78. The minimum atomic E-state index is 0.862. The molecule has 1 aromatic rings. The van der Waals surface area contributed by atoms with Crippen molar-refractivity contribution in [2.24, 2.45) is 0 Å². The molecule has 0 aliphatic rings. The molecule has 0 saturated heterocycles. The Hall–Kier alpha value is -0.0200. The number of halogens is 1. The molecule has 0 spiro atoms. The van der Waals surface area contributed by atoms with E-state index in [1.807, 2.05) is 12.1 Å². The summed E-state index contributed by atoms with van der Waals surface area (Å²) in [6.45, 7) is 3.12. The quantitative estimate of drug-likeness (QED) is 0.536. The zero-order chi connectivity index (χ0) is 11.6. The maximum atomic E-state index is 5.64. The molecule has 0 aliphatic heterocycles. The Morgan fingerprint density at radius 2 is 1.75 bits per heavy atom. The Balaban J connectivity index is 1.88. The van der Waals surface area contributed by atoms with Crippen LogP contribution >= 0.6 is 27.3 Å². The van der Waals surface area contributed by atoms with E-state index in [9.17, 15) is 0 Å². The van der Waals surface area contributed by atoms with Crippen LogP contribution in [0.4, 0.5) is 0 Å². The molecule has 0 fully saturated rings. The van der Waals surface area contributed by atoms with Crippen LogP contribution in [-0.2, 0) is 0 Å². The first-order chi connectivity index (χ1) is 7.83. The highest BCUT2D eigenvalue weighted by molar-refractivity contribution is 9.11. The summed E-state index contributed by atoms with van der Waals surface area (Å²) in [5.74, 6) is 0. The van der Waals surface area contributed by atoms with Crippen LogP contribution in [0.1, 0.15) is 51.9 Å². The third-order valence-corrected chi connectivity index (χ3v) is 4.08. The van der Waals surface area contributed by atoms with Crippen molar-refractivity contribution in [3.63, 3.8) is 0 Å². The summed E-state index contributed by atoms with van der Waals surface area (Å²) in [5.41, 5.74) is 0. The van der Waals surface area contributed by atoms with Crippen molar-refractivity contribution >= 4 is 27.3 Å². The van der Waals surface area contributed by atoms with Crippen molar-refractivity contribution in [2.75, 3.05) is 6.61 Å². The van der Waals surface area contributed by atoms with E-state index < -0.39 is 0 Å². The van der Waals surface area contributed by atoms with E-state index in [-0.39, 0.29) is 0 Å². The van der Waals surface area contributed by atoms with Crippen LogP contribution in [-0.4, -0.2) is 6.61 Å². The molecule has 0 N–H and O–H groups in total. The first kappa shape index (κ1) is 14.0. The lowest BCUT2D eigenvalue weighted by Gasteiger charge is -2.03. The van der Waals surface area contributed by atoms with E-state index in [0.717, 1.165) is 15.5 Å². The molecule has 0 unspecified atom stereocenters. The van der Waals surface area contributed by atoms with E-state index >= 15 is 0 Å². The van der Waals surface area contributed by atoms with Gasteiger partial charge in [0, 0.05) is 0 Å². The van der Waals surface area contributed by atoms with Gasteiger partial charge in [-0.1, -0.05) is 56.8 Å². The number of ether oxygens (including phenoxy) is 1. The molecule has 0 aliphatic carbocycles.